The Hall–Kier alpha value is -0.123. The molecule has 0 amide bonds. The van der Waals surface area contributed by atoms with Crippen molar-refractivity contribution in [3.8, 4) is 0 Å². The van der Waals surface area contributed by atoms with Crippen LogP contribution in [0.1, 0.15) is 13.8 Å². The highest BCUT2D eigenvalue weighted by Gasteiger charge is 2.13. The molecule has 0 fully saturated rings. The van der Waals surface area contributed by atoms with Gasteiger partial charge in [-0.15, -0.1) is 6.58 Å². The van der Waals surface area contributed by atoms with Gasteiger partial charge in [0, 0.05) is 7.11 Å². The second kappa shape index (κ2) is 3.82. The van der Waals surface area contributed by atoms with Gasteiger partial charge in [0.1, 0.15) is 0 Å². The summed E-state index contributed by atoms with van der Waals surface area (Å²) >= 11 is 0. The maximum absolute atomic E-state index is 5.33. The Balaban J connectivity index is 3.44. The molecule has 0 aromatic carbocycles. The van der Waals surface area contributed by atoms with E-state index in [1.807, 2.05) is 19.5 Å². The predicted molar refractivity (Wildman–Crippen MR) is 40.9 cm³/mol. The Morgan fingerprint density at radius 3 is 2.44 bits per heavy atom. The van der Waals surface area contributed by atoms with Crippen molar-refractivity contribution in [2.24, 2.45) is 0 Å². The van der Waals surface area contributed by atoms with Crippen molar-refractivity contribution in [1.82, 2.24) is 0 Å². The van der Waals surface area contributed by atoms with Crippen molar-refractivity contribution in [3.05, 3.63) is 12.3 Å². The van der Waals surface area contributed by atoms with Crippen LogP contribution in [0.25, 0.3) is 0 Å². The average Bonchev–Trinajstić information content (AvgIpc) is 1.84. The van der Waals surface area contributed by atoms with Crippen LogP contribution in [0.2, 0.25) is 0 Å². The lowest BCUT2D eigenvalue weighted by Crippen LogP contribution is -2.27. The highest BCUT2D eigenvalue weighted by molar-refractivity contribution is 6.34. The summed E-state index contributed by atoms with van der Waals surface area (Å²) in [6.45, 7) is 7.36. The van der Waals surface area contributed by atoms with Gasteiger partial charge in [-0.1, -0.05) is 5.70 Å². The summed E-state index contributed by atoms with van der Waals surface area (Å²) in [5, 5.41) is 0. The number of hydrogen-bond acceptors (Lipinski definition) is 2. The maximum atomic E-state index is 5.33. The number of methoxy groups -OCH3 is 1. The molecule has 0 unspecified atom stereocenters. The standard InChI is InChI=1S/C6H14O2Si/c1-5-9-8-6(2,3)7-4/h5H,1,9H2,2-4H3. The van der Waals surface area contributed by atoms with Crippen molar-refractivity contribution < 1.29 is 9.16 Å². The second-order valence-corrected chi connectivity index (χ2v) is 3.40. The van der Waals surface area contributed by atoms with Gasteiger partial charge in [-0.25, -0.2) is 0 Å². The lowest BCUT2D eigenvalue weighted by Gasteiger charge is -2.22. The van der Waals surface area contributed by atoms with Gasteiger partial charge >= 0.3 is 0 Å². The van der Waals surface area contributed by atoms with E-state index < -0.39 is 15.6 Å². The Kier molecular flexibility index (Phi) is 3.77. The molecule has 0 radical (unpaired) electrons. The molecule has 0 spiro atoms. The van der Waals surface area contributed by atoms with Crippen LogP contribution in [-0.2, 0) is 9.16 Å². The first-order chi connectivity index (χ1) is 4.12. The molecule has 9 heavy (non-hydrogen) atoms. The third kappa shape index (κ3) is 4.38. The SMILES string of the molecule is C=C[SiH2]OC(C)(C)OC. The van der Waals surface area contributed by atoms with Gasteiger partial charge in [-0.05, 0) is 13.8 Å². The van der Waals surface area contributed by atoms with Crippen molar-refractivity contribution in [1.29, 1.82) is 0 Å². The zero-order valence-electron chi connectivity index (χ0n) is 6.31. The van der Waals surface area contributed by atoms with E-state index in [9.17, 15) is 0 Å². The largest absolute Gasteiger partial charge is 0.393 e. The molecule has 0 heterocycles. The fourth-order valence-electron chi connectivity index (χ4n) is 0.319. The molecule has 0 aliphatic heterocycles. The van der Waals surface area contributed by atoms with Crippen LogP contribution in [0.15, 0.2) is 12.3 Å². The van der Waals surface area contributed by atoms with E-state index in [4.69, 9.17) is 9.16 Å². The number of ether oxygens (including phenoxy) is 1. The van der Waals surface area contributed by atoms with Gasteiger partial charge in [-0.2, -0.15) is 0 Å². The van der Waals surface area contributed by atoms with Crippen molar-refractivity contribution in [2.45, 2.75) is 19.6 Å². The first kappa shape index (κ1) is 8.88. The van der Waals surface area contributed by atoms with E-state index >= 15 is 0 Å². The van der Waals surface area contributed by atoms with Crippen LogP contribution < -0.4 is 0 Å². The smallest absolute Gasteiger partial charge is 0.188 e. The minimum Gasteiger partial charge on any atom is -0.393 e. The zero-order valence-corrected chi connectivity index (χ0v) is 7.72. The quantitative estimate of drug-likeness (QED) is 0.427. The van der Waals surface area contributed by atoms with Gasteiger partial charge in [-0.3, -0.25) is 0 Å². The second-order valence-electron chi connectivity index (χ2n) is 2.20. The average molecular weight is 146 g/mol. The number of rotatable bonds is 4. The van der Waals surface area contributed by atoms with Crippen LogP contribution in [0.3, 0.4) is 0 Å². The molecule has 0 N–H and O–H groups in total. The van der Waals surface area contributed by atoms with Crippen LogP contribution >= 0.6 is 0 Å². The van der Waals surface area contributed by atoms with E-state index in [1.165, 1.54) is 0 Å². The summed E-state index contributed by atoms with van der Waals surface area (Å²) in [6.07, 6.45) is 0. The van der Waals surface area contributed by atoms with Crippen molar-refractivity contribution in [3.63, 3.8) is 0 Å². The molecule has 0 atom stereocenters. The Labute approximate surface area is 58.8 Å². The summed E-state index contributed by atoms with van der Waals surface area (Å²) in [7, 11) is 1.08. The zero-order chi connectivity index (χ0) is 7.33. The van der Waals surface area contributed by atoms with Gasteiger partial charge in [0.25, 0.3) is 0 Å². The summed E-state index contributed by atoms with van der Waals surface area (Å²) in [4.78, 5) is 0. The van der Waals surface area contributed by atoms with Gasteiger partial charge in [0.2, 0.25) is 0 Å². The fraction of sp³-hybridized carbons (Fsp3) is 0.667. The summed E-state index contributed by atoms with van der Waals surface area (Å²) < 4.78 is 10.3. The predicted octanol–water partition coefficient (Wildman–Crippen LogP) is 0.613. The normalized spacial score (nSPS) is 12.8. The van der Waals surface area contributed by atoms with Gasteiger partial charge < -0.3 is 9.16 Å². The molecule has 0 aliphatic rings. The van der Waals surface area contributed by atoms with Crippen molar-refractivity contribution in [2.75, 3.05) is 7.11 Å². The lowest BCUT2D eigenvalue weighted by molar-refractivity contribution is -0.133. The van der Waals surface area contributed by atoms with Gasteiger partial charge in [0.05, 0.1) is 0 Å². The molecule has 0 aromatic heterocycles. The molecule has 0 rings (SSSR count). The molecule has 0 saturated carbocycles. The molecule has 3 heteroatoms. The summed E-state index contributed by atoms with van der Waals surface area (Å²) in [5.41, 5.74) is 1.83. The van der Waals surface area contributed by atoms with E-state index in [0.29, 0.717) is 0 Å². The molecule has 54 valence electrons. The van der Waals surface area contributed by atoms with Gasteiger partial charge in [0.15, 0.2) is 15.6 Å². The fourth-order valence-corrected chi connectivity index (χ4v) is 0.956. The van der Waals surface area contributed by atoms with Crippen LogP contribution in [-0.4, -0.2) is 22.7 Å². The Bertz CT molecular complexity index is 91.1. The highest BCUT2D eigenvalue weighted by Crippen LogP contribution is 2.07. The number of hydrogen-bond donors (Lipinski definition) is 0. The first-order valence-electron chi connectivity index (χ1n) is 2.92. The molecular formula is C6H14O2Si. The third-order valence-electron chi connectivity index (χ3n) is 1.04. The molecule has 0 saturated heterocycles. The van der Waals surface area contributed by atoms with Crippen LogP contribution in [0.5, 0.6) is 0 Å². The molecule has 0 aromatic rings. The van der Waals surface area contributed by atoms with E-state index in [0.717, 1.165) is 0 Å². The third-order valence-corrected chi connectivity index (χ3v) is 2.14. The summed E-state index contributed by atoms with van der Waals surface area (Å²) in [5.74, 6) is -0.416. The molecule has 2 nitrogen and oxygen atoms in total. The summed E-state index contributed by atoms with van der Waals surface area (Å²) in [6, 6.07) is 0. The minimum atomic E-state index is -0.555. The van der Waals surface area contributed by atoms with Crippen LogP contribution in [0.4, 0.5) is 0 Å². The Morgan fingerprint density at radius 1 is 1.56 bits per heavy atom. The monoisotopic (exact) mass is 146 g/mol. The minimum absolute atomic E-state index is 0.416. The first-order valence-corrected chi connectivity index (χ1v) is 4.32. The molecule has 0 bridgehead atoms. The van der Waals surface area contributed by atoms with E-state index in [2.05, 4.69) is 6.58 Å². The van der Waals surface area contributed by atoms with E-state index in [-0.39, 0.29) is 0 Å². The Morgan fingerprint density at radius 2 is 2.11 bits per heavy atom. The van der Waals surface area contributed by atoms with Crippen molar-refractivity contribution >= 4 is 9.76 Å². The highest BCUT2D eigenvalue weighted by atomic mass is 28.2. The lowest BCUT2D eigenvalue weighted by atomic mass is 10.4. The molecular weight excluding hydrogens is 132 g/mol. The van der Waals surface area contributed by atoms with E-state index in [1.54, 1.807) is 7.11 Å². The topological polar surface area (TPSA) is 18.5 Å². The maximum Gasteiger partial charge on any atom is 0.188 e. The molecule has 0 aliphatic carbocycles. The van der Waals surface area contributed by atoms with Crippen LogP contribution in [0, 0.1) is 0 Å².